The molecule has 218 valence electrons. The molecule has 1 unspecified atom stereocenters. The van der Waals surface area contributed by atoms with Gasteiger partial charge in [0.25, 0.3) is 11.5 Å². The Balaban J connectivity index is 1.47. The number of nitrogens with one attached hydrogen (secondary N) is 2. The third kappa shape index (κ3) is 6.18. The highest BCUT2D eigenvalue weighted by Crippen LogP contribution is 2.42. The van der Waals surface area contributed by atoms with Gasteiger partial charge in [-0.2, -0.15) is 0 Å². The molecule has 2 amide bonds. The number of carbonyl (C=O) groups is 3. The van der Waals surface area contributed by atoms with Crippen molar-refractivity contribution in [3.8, 4) is 5.69 Å². The Morgan fingerprint density at radius 2 is 1.43 bits per heavy atom. The number of aromatic nitrogens is 2. The molecule has 9 nitrogen and oxygen atoms in total. The van der Waals surface area contributed by atoms with E-state index in [0.717, 1.165) is 0 Å². The number of halogens is 4. The molecule has 0 aliphatic heterocycles. The predicted octanol–water partition coefficient (Wildman–Crippen LogP) is 7.17. The number of aromatic carboxylic acids is 1. The van der Waals surface area contributed by atoms with E-state index in [0.29, 0.717) is 22.0 Å². The maximum Gasteiger partial charge on any atom is 0.338 e. The van der Waals surface area contributed by atoms with Crippen molar-refractivity contribution in [2.24, 2.45) is 7.05 Å². The molecule has 3 N–H and O–H groups in total. The number of hydrogen-bond acceptors (Lipinski definition) is 5. The van der Waals surface area contributed by atoms with Gasteiger partial charge in [-0.05, 0) is 50.2 Å². The maximum absolute atomic E-state index is 13.1. The van der Waals surface area contributed by atoms with Crippen LogP contribution in [0.3, 0.4) is 0 Å². The highest BCUT2D eigenvalue weighted by molar-refractivity contribution is 8.00. The number of benzene rings is 3. The molecule has 1 heterocycles. The van der Waals surface area contributed by atoms with Crippen LogP contribution in [-0.2, 0) is 11.8 Å². The van der Waals surface area contributed by atoms with Crippen molar-refractivity contribution >= 4 is 87.3 Å². The smallest absolute Gasteiger partial charge is 0.338 e. The van der Waals surface area contributed by atoms with E-state index in [2.05, 4.69) is 10.6 Å². The molecule has 3 aromatic carbocycles. The number of carboxylic acids is 1. The Hall–Kier alpha value is -3.41. The van der Waals surface area contributed by atoms with E-state index in [-0.39, 0.29) is 32.2 Å². The fourth-order valence-corrected chi connectivity index (χ4v) is 5.94. The van der Waals surface area contributed by atoms with Crippen LogP contribution < -0.4 is 16.2 Å². The summed E-state index contributed by atoms with van der Waals surface area (Å²) in [6, 6.07) is 15.6. The normalized spacial score (nSPS) is 11.7. The van der Waals surface area contributed by atoms with Crippen LogP contribution in [0.15, 0.2) is 64.3 Å². The molecule has 1 atom stereocenters. The summed E-state index contributed by atoms with van der Waals surface area (Å²) >= 11 is 25.4. The first-order chi connectivity index (χ1) is 19.8. The second-order valence-corrected chi connectivity index (χ2v) is 11.9. The number of amides is 2. The van der Waals surface area contributed by atoms with Gasteiger partial charge in [0.2, 0.25) is 5.91 Å². The second-order valence-electron chi connectivity index (χ2n) is 8.98. The van der Waals surface area contributed by atoms with Crippen molar-refractivity contribution in [2.75, 3.05) is 10.6 Å². The molecule has 42 heavy (non-hydrogen) atoms. The first-order valence-corrected chi connectivity index (χ1v) is 14.5. The summed E-state index contributed by atoms with van der Waals surface area (Å²) in [7, 11) is 1.74. The van der Waals surface area contributed by atoms with Crippen molar-refractivity contribution in [1.82, 2.24) is 9.36 Å². The number of rotatable bonds is 8. The number of nitrogens with zero attached hydrogens (tertiary/aromatic N) is 2. The molecule has 0 saturated carbocycles. The summed E-state index contributed by atoms with van der Waals surface area (Å²) in [5.74, 6) is -2.73. The highest BCUT2D eigenvalue weighted by atomic mass is 35.5. The van der Waals surface area contributed by atoms with Crippen molar-refractivity contribution in [3.63, 3.8) is 0 Å². The van der Waals surface area contributed by atoms with Gasteiger partial charge >= 0.3 is 5.97 Å². The molecule has 4 rings (SSSR count). The van der Waals surface area contributed by atoms with E-state index in [1.54, 1.807) is 62.0 Å². The molecule has 1 aromatic heterocycles. The second kappa shape index (κ2) is 12.8. The average Bonchev–Trinajstić information content (AvgIpc) is 3.17. The van der Waals surface area contributed by atoms with Gasteiger partial charge in [-0.3, -0.25) is 19.1 Å². The Labute approximate surface area is 264 Å². The summed E-state index contributed by atoms with van der Waals surface area (Å²) < 4.78 is 3.16. The minimum atomic E-state index is -1.51. The summed E-state index contributed by atoms with van der Waals surface area (Å²) in [6.07, 6.45) is 0. The SMILES string of the molecule is Cc1c(NC(=O)C(C)Sc2ccc(NC(=O)c3c(Cl)c(Cl)c(Cl)c(Cl)c3C(=O)O)cc2)c(=O)n(-c2ccccc2)n1C. The average molecular weight is 668 g/mol. The van der Waals surface area contributed by atoms with Gasteiger partial charge in [0, 0.05) is 17.6 Å². The molecule has 0 aliphatic rings. The molecular formula is C28H22Cl4N4O5S. The summed E-state index contributed by atoms with van der Waals surface area (Å²) in [5, 5.41) is 13.0. The van der Waals surface area contributed by atoms with Crippen LogP contribution in [0.4, 0.5) is 11.4 Å². The standard InChI is InChI=1S/C28H22Cl4N4O5S/c1-13-24(27(39)36(35(13)3)16-7-5-4-6-8-16)34-25(37)14(2)42-17-11-9-15(10-12-17)33-26(38)18-19(28(40)41)21(30)23(32)22(31)20(18)29/h4-12,14H,1-3H3,(H,33,38)(H,34,37)(H,40,41). The van der Waals surface area contributed by atoms with Gasteiger partial charge in [0.15, 0.2) is 0 Å². The van der Waals surface area contributed by atoms with E-state index in [1.807, 2.05) is 18.2 Å². The summed E-state index contributed by atoms with van der Waals surface area (Å²) in [6.45, 7) is 3.45. The molecule has 4 aromatic rings. The van der Waals surface area contributed by atoms with Crippen LogP contribution in [0.2, 0.25) is 20.1 Å². The Morgan fingerprint density at radius 3 is 2.00 bits per heavy atom. The van der Waals surface area contributed by atoms with E-state index in [4.69, 9.17) is 46.4 Å². The zero-order valence-electron chi connectivity index (χ0n) is 22.2. The largest absolute Gasteiger partial charge is 0.478 e. The van der Waals surface area contributed by atoms with Crippen molar-refractivity contribution in [2.45, 2.75) is 24.0 Å². The number of carboxylic acid groups (broad SMARTS) is 1. The lowest BCUT2D eigenvalue weighted by Gasteiger charge is -2.14. The first-order valence-electron chi connectivity index (χ1n) is 12.2. The van der Waals surface area contributed by atoms with Gasteiger partial charge in [-0.1, -0.05) is 64.6 Å². The van der Waals surface area contributed by atoms with Crippen molar-refractivity contribution in [3.05, 3.63) is 102 Å². The Bertz CT molecular complexity index is 1770. The van der Waals surface area contributed by atoms with Crippen LogP contribution in [0.5, 0.6) is 0 Å². The lowest BCUT2D eigenvalue weighted by Crippen LogP contribution is -2.27. The number of anilines is 2. The molecule has 0 spiro atoms. The Kier molecular flexibility index (Phi) is 9.64. The van der Waals surface area contributed by atoms with E-state index in [1.165, 1.54) is 16.4 Å². The minimum absolute atomic E-state index is 0.193. The minimum Gasteiger partial charge on any atom is -0.478 e. The van der Waals surface area contributed by atoms with Crippen LogP contribution in [0, 0.1) is 6.92 Å². The van der Waals surface area contributed by atoms with Gasteiger partial charge in [-0.15, -0.1) is 11.8 Å². The maximum atomic E-state index is 13.1. The summed E-state index contributed by atoms with van der Waals surface area (Å²) in [5.41, 5.74) is 0.424. The molecule has 0 aliphatic carbocycles. The lowest BCUT2D eigenvalue weighted by atomic mass is 10.1. The third-order valence-corrected chi connectivity index (χ3v) is 9.22. The van der Waals surface area contributed by atoms with Crippen LogP contribution in [0.1, 0.15) is 33.3 Å². The molecule has 0 radical (unpaired) electrons. The zero-order valence-corrected chi connectivity index (χ0v) is 26.0. The molecule has 0 fully saturated rings. The number of hydrogen-bond donors (Lipinski definition) is 3. The third-order valence-electron chi connectivity index (χ3n) is 6.30. The lowest BCUT2D eigenvalue weighted by molar-refractivity contribution is -0.115. The first kappa shape index (κ1) is 31.5. The number of para-hydroxylation sites is 1. The topological polar surface area (TPSA) is 122 Å². The number of carbonyl (C=O) groups excluding carboxylic acids is 2. The fraction of sp³-hybridized carbons (Fsp3) is 0.143. The van der Waals surface area contributed by atoms with Crippen molar-refractivity contribution in [1.29, 1.82) is 0 Å². The molecule has 14 heteroatoms. The van der Waals surface area contributed by atoms with E-state index < -0.39 is 33.3 Å². The molecule has 0 bridgehead atoms. The van der Waals surface area contributed by atoms with E-state index in [9.17, 15) is 24.3 Å². The van der Waals surface area contributed by atoms with Gasteiger partial charge < -0.3 is 15.7 Å². The van der Waals surface area contributed by atoms with Crippen LogP contribution >= 0.6 is 58.2 Å². The molecule has 0 saturated heterocycles. The van der Waals surface area contributed by atoms with Crippen LogP contribution in [0.25, 0.3) is 5.69 Å². The Morgan fingerprint density at radius 1 is 0.857 bits per heavy atom. The van der Waals surface area contributed by atoms with Gasteiger partial charge in [0.05, 0.1) is 47.8 Å². The van der Waals surface area contributed by atoms with Crippen molar-refractivity contribution < 1.29 is 19.5 Å². The number of thioether (sulfide) groups is 1. The molecular weight excluding hydrogens is 646 g/mol. The van der Waals surface area contributed by atoms with Gasteiger partial charge in [-0.25, -0.2) is 9.48 Å². The van der Waals surface area contributed by atoms with Crippen LogP contribution in [-0.4, -0.2) is 37.5 Å². The quantitative estimate of drug-likeness (QED) is 0.104. The fourth-order valence-electron chi connectivity index (χ4n) is 4.05. The zero-order chi connectivity index (χ0) is 30.9. The van der Waals surface area contributed by atoms with E-state index >= 15 is 0 Å². The van der Waals surface area contributed by atoms with Gasteiger partial charge in [0.1, 0.15) is 5.69 Å². The monoisotopic (exact) mass is 666 g/mol. The highest BCUT2D eigenvalue weighted by Gasteiger charge is 2.29. The summed E-state index contributed by atoms with van der Waals surface area (Å²) in [4.78, 5) is 51.6. The predicted molar refractivity (Wildman–Crippen MR) is 168 cm³/mol.